The second kappa shape index (κ2) is 10.1. The quantitative estimate of drug-likeness (QED) is 0.659. The highest BCUT2D eigenvalue weighted by Gasteiger charge is 2.29. The predicted molar refractivity (Wildman–Crippen MR) is 113 cm³/mol. The van der Waals surface area contributed by atoms with E-state index in [4.69, 9.17) is 21.1 Å². The Hall–Kier alpha value is -1.02. The molecule has 28 heavy (non-hydrogen) atoms. The highest BCUT2D eigenvalue weighted by atomic mass is 79.9. The van der Waals surface area contributed by atoms with Gasteiger partial charge in [0.25, 0.3) is 5.91 Å². The first-order chi connectivity index (χ1) is 13.5. The number of hydrogen-bond donors (Lipinski definition) is 2. The molecule has 0 saturated carbocycles. The van der Waals surface area contributed by atoms with Crippen molar-refractivity contribution in [2.75, 3.05) is 39.4 Å². The Balaban J connectivity index is 1.63. The van der Waals surface area contributed by atoms with Gasteiger partial charge in [0, 0.05) is 25.4 Å². The molecule has 6 nitrogen and oxygen atoms in total. The van der Waals surface area contributed by atoms with Crippen LogP contribution in [0.1, 0.15) is 43.0 Å². The Morgan fingerprint density at radius 2 is 2.14 bits per heavy atom. The molecule has 3 rings (SSSR count). The smallest absolute Gasteiger partial charge is 0.255 e. The van der Waals surface area contributed by atoms with E-state index in [1.54, 1.807) is 6.07 Å². The van der Waals surface area contributed by atoms with Gasteiger partial charge in [-0.15, -0.1) is 0 Å². The fourth-order valence-corrected chi connectivity index (χ4v) is 4.23. The number of piperidine rings is 1. The van der Waals surface area contributed by atoms with Gasteiger partial charge in [-0.3, -0.25) is 4.79 Å². The average Bonchev–Trinajstić information content (AvgIpc) is 2.94. The van der Waals surface area contributed by atoms with Crippen molar-refractivity contribution in [2.24, 2.45) is 5.92 Å². The number of halogens is 2. The number of nitrogens with one attached hydrogen (secondary N) is 1. The van der Waals surface area contributed by atoms with Crippen molar-refractivity contribution in [3.8, 4) is 11.5 Å². The van der Waals surface area contributed by atoms with Crippen molar-refractivity contribution < 1.29 is 19.4 Å². The van der Waals surface area contributed by atoms with Crippen LogP contribution in [0.25, 0.3) is 0 Å². The molecule has 0 radical (unpaired) electrons. The first-order valence-electron chi connectivity index (χ1n) is 9.97. The van der Waals surface area contributed by atoms with Crippen molar-refractivity contribution in [3.05, 3.63) is 21.1 Å². The summed E-state index contributed by atoms with van der Waals surface area (Å²) in [4.78, 5) is 15.1. The zero-order valence-electron chi connectivity index (χ0n) is 16.2. The minimum absolute atomic E-state index is 0.0449. The number of nitrogens with zero attached hydrogens (tertiary/aromatic N) is 1. The summed E-state index contributed by atoms with van der Waals surface area (Å²) in [5, 5.41) is 13.8. The third-order valence-corrected chi connectivity index (χ3v) is 6.63. The Labute approximate surface area is 179 Å². The van der Waals surface area contributed by atoms with Crippen LogP contribution in [0.2, 0.25) is 5.02 Å². The molecule has 2 atom stereocenters. The van der Waals surface area contributed by atoms with E-state index in [1.165, 1.54) is 0 Å². The van der Waals surface area contributed by atoms with Crippen LogP contribution in [-0.2, 0) is 0 Å². The molecule has 2 N–H and O–H groups in total. The van der Waals surface area contributed by atoms with Crippen molar-refractivity contribution >= 4 is 33.4 Å². The number of aliphatic hydroxyl groups excluding tert-OH is 1. The molecule has 8 heteroatoms. The zero-order chi connectivity index (χ0) is 20.1. The van der Waals surface area contributed by atoms with Gasteiger partial charge in [0.15, 0.2) is 11.5 Å². The van der Waals surface area contributed by atoms with E-state index in [-0.39, 0.29) is 11.8 Å². The maximum Gasteiger partial charge on any atom is 0.255 e. The van der Waals surface area contributed by atoms with Crippen LogP contribution in [0.15, 0.2) is 10.5 Å². The SMILES string of the molecule is CCCCN1CC[C@@H](CNC(=O)c2cc(Cl)c(Br)c3c2OCCCO3)[C@H](O)C1. The second-order valence-electron chi connectivity index (χ2n) is 7.41. The Bertz CT molecular complexity index is 703. The van der Waals surface area contributed by atoms with Gasteiger partial charge < -0.3 is 24.8 Å². The molecule has 156 valence electrons. The number of unbranched alkanes of at least 4 members (excludes halogenated alkanes) is 1. The van der Waals surface area contributed by atoms with Gasteiger partial charge in [0.1, 0.15) is 0 Å². The standard InChI is InChI=1S/C20H28BrClN2O4/c1-2-3-6-24-7-5-13(16(25)12-24)11-23-20(26)14-10-15(22)17(21)19-18(14)27-8-4-9-28-19/h10,13,16,25H,2-9,11-12H2,1H3,(H,23,26)/t13-,16+/m0/s1. The molecular formula is C20H28BrClN2O4. The summed E-state index contributed by atoms with van der Waals surface area (Å²) in [6.45, 7) is 6.22. The molecule has 0 aromatic heterocycles. The largest absolute Gasteiger partial charge is 0.489 e. The van der Waals surface area contributed by atoms with E-state index in [0.717, 1.165) is 38.8 Å². The summed E-state index contributed by atoms with van der Waals surface area (Å²) in [5.74, 6) is 0.668. The third kappa shape index (κ3) is 5.12. The third-order valence-electron chi connectivity index (χ3n) is 5.32. The lowest BCUT2D eigenvalue weighted by molar-refractivity contribution is 0.0217. The molecule has 2 aliphatic heterocycles. The van der Waals surface area contributed by atoms with Crippen molar-refractivity contribution in [1.29, 1.82) is 0 Å². The highest BCUT2D eigenvalue weighted by molar-refractivity contribution is 9.10. The zero-order valence-corrected chi connectivity index (χ0v) is 18.5. The molecule has 0 unspecified atom stereocenters. The number of carbonyl (C=O) groups excluding carboxylic acids is 1. The Kier molecular flexibility index (Phi) is 7.85. The average molecular weight is 476 g/mol. The molecule has 0 aliphatic carbocycles. The first kappa shape index (κ1) is 21.7. The maximum absolute atomic E-state index is 12.8. The van der Waals surface area contributed by atoms with E-state index in [0.29, 0.717) is 52.9 Å². The van der Waals surface area contributed by atoms with Crippen LogP contribution in [0.5, 0.6) is 11.5 Å². The summed E-state index contributed by atoms with van der Waals surface area (Å²) in [6.07, 6.45) is 3.46. The number of carbonyl (C=O) groups is 1. The lowest BCUT2D eigenvalue weighted by Crippen LogP contribution is -2.47. The molecular weight excluding hydrogens is 448 g/mol. The van der Waals surface area contributed by atoms with Crippen LogP contribution >= 0.6 is 27.5 Å². The van der Waals surface area contributed by atoms with Crippen molar-refractivity contribution in [3.63, 3.8) is 0 Å². The summed E-state index contributed by atoms with van der Waals surface area (Å²) in [5.41, 5.74) is 0.361. The Morgan fingerprint density at radius 3 is 2.86 bits per heavy atom. The molecule has 0 bridgehead atoms. The van der Waals surface area contributed by atoms with Crippen LogP contribution < -0.4 is 14.8 Å². The summed E-state index contributed by atoms with van der Waals surface area (Å²) in [6, 6.07) is 1.60. The molecule has 1 saturated heterocycles. The number of hydrogen-bond acceptors (Lipinski definition) is 5. The molecule has 1 aromatic carbocycles. The molecule has 2 aliphatic rings. The number of aliphatic hydroxyl groups is 1. The van der Waals surface area contributed by atoms with Gasteiger partial charge in [0.05, 0.1) is 34.4 Å². The fourth-order valence-electron chi connectivity index (χ4n) is 3.62. The number of rotatable bonds is 6. The van der Waals surface area contributed by atoms with Crippen LogP contribution in [-0.4, -0.2) is 61.4 Å². The van der Waals surface area contributed by atoms with Gasteiger partial charge >= 0.3 is 0 Å². The van der Waals surface area contributed by atoms with Gasteiger partial charge in [-0.1, -0.05) is 24.9 Å². The molecule has 1 fully saturated rings. The van der Waals surface area contributed by atoms with Gasteiger partial charge in [-0.2, -0.15) is 0 Å². The number of fused-ring (bicyclic) bond motifs is 1. The monoisotopic (exact) mass is 474 g/mol. The summed E-state index contributed by atoms with van der Waals surface area (Å²) < 4.78 is 12.1. The normalized spacial score (nSPS) is 22.6. The van der Waals surface area contributed by atoms with Gasteiger partial charge in [-0.25, -0.2) is 0 Å². The molecule has 2 heterocycles. The maximum atomic E-state index is 12.8. The fraction of sp³-hybridized carbons (Fsp3) is 0.650. The van der Waals surface area contributed by atoms with Crippen molar-refractivity contribution in [1.82, 2.24) is 10.2 Å². The van der Waals surface area contributed by atoms with Gasteiger partial charge in [-0.05, 0) is 47.9 Å². The molecule has 1 amide bonds. The number of likely N-dealkylation sites (tertiary alicyclic amines) is 1. The second-order valence-corrected chi connectivity index (χ2v) is 8.61. The van der Waals surface area contributed by atoms with Crippen molar-refractivity contribution in [2.45, 2.75) is 38.7 Å². The lowest BCUT2D eigenvalue weighted by atomic mass is 9.93. The topological polar surface area (TPSA) is 71.0 Å². The first-order valence-corrected chi connectivity index (χ1v) is 11.1. The lowest BCUT2D eigenvalue weighted by Gasteiger charge is -2.36. The van der Waals surface area contributed by atoms with Crippen LogP contribution in [0.3, 0.4) is 0 Å². The van der Waals surface area contributed by atoms with E-state index >= 15 is 0 Å². The van der Waals surface area contributed by atoms with Gasteiger partial charge in [0.2, 0.25) is 0 Å². The summed E-state index contributed by atoms with van der Waals surface area (Å²) in [7, 11) is 0. The minimum Gasteiger partial charge on any atom is -0.489 e. The van der Waals surface area contributed by atoms with Crippen LogP contribution in [0, 0.1) is 5.92 Å². The van der Waals surface area contributed by atoms with E-state index in [2.05, 4.69) is 33.1 Å². The Morgan fingerprint density at radius 1 is 1.39 bits per heavy atom. The van der Waals surface area contributed by atoms with E-state index < -0.39 is 6.10 Å². The summed E-state index contributed by atoms with van der Waals surface area (Å²) >= 11 is 9.68. The highest BCUT2D eigenvalue weighted by Crippen LogP contribution is 2.44. The van der Waals surface area contributed by atoms with E-state index in [1.807, 2.05) is 0 Å². The molecule has 1 aromatic rings. The minimum atomic E-state index is -0.434. The number of β-amino-alcohol motifs (C(OH)–C–C–N with tert-alkyl or cyclic N) is 1. The number of ether oxygens (including phenoxy) is 2. The number of amides is 1. The molecule has 0 spiro atoms. The predicted octanol–water partition coefficient (Wildman–Crippen LogP) is 3.48. The number of benzene rings is 1. The van der Waals surface area contributed by atoms with Crippen LogP contribution in [0.4, 0.5) is 0 Å². The van der Waals surface area contributed by atoms with E-state index in [9.17, 15) is 9.90 Å².